The van der Waals surface area contributed by atoms with Gasteiger partial charge in [0.2, 0.25) is 0 Å². The molecule has 0 spiro atoms. The third kappa shape index (κ3) is 13.2. The Bertz CT molecular complexity index is 2480. The highest BCUT2D eigenvalue weighted by molar-refractivity contribution is 6.99. The van der Waals surface area contributed by atoms with Gasteiger partial charge in [-0.15, -0.1) is 0 Å². The van der Waals surface area contributed by atoms with E-state index in [-0.39, 0.29) is 31.5 Å². The molecule has 0 aliphatic carbocycles. The third-order valence-electron chi connectivity index (χ3n) is 12.9. The van der Waals surface area contributed by atoms with Crippen molar-refractivity contribution in [2.75, 3.05) is 13.2 Å². The van der Waals surface area contributed by atoms with E-state index >= 15 is 0 Å². The van der Waals surface area contributed by atoms with Gasteiger partial charge in [-0.2, -0.15) is 0 Å². The highest BCUT2D eigenvalue weighted by Gasteiger charge is 2.53. The maximum atomic E-state index is 13.1. The second-order valence-electron chi connectivity index (χ2n) is 18.9. The molecule has 2 fully saturated rings. The second-order valence-corrected chi connectivity index (χ2v) is 23.2. The zero-order valence-electron chi connectivity index (χ0n) is 40.9. The van der Waals surface area contributed by atoms with Crippen molar-refractivity contribution in [2.45, 2.75) is 114 Å². The van der Waals surface area contributed by atoms with Gasteiger partial charge in [-0.25, -0.2) is 9.59 Å². The Morgan fingerprint density at radius 2 is 0.845 bits per heavy atom. The van der Waals surface area contributed by atoms with Crippen LogP contribution < -0.4 is 10.4 Å². The van der Waals surface area contributed by atoms with Gasteiger partial charge in [-0.3, -0.25) is 0 Å². The van der Waals surface area contributed by atoms with Gasteiger partial charge in [-0.05, 0) is 64.7 Å². The molecule has 374 valence electrons. The molecule has 71 heavy (non-hydrogen) atoms. The number of esters is 2. The van der Waals surface area contributed by atoms with E-state index in [9.17, 15) is 24.9 Å². The van der Waals surface area contributed by atoms with Crippen molar-refractivity contribution in [3.8, 4) is 0 Å². The molecule has 10 atom stereocenters. The van der Waals surface area contributed by atoms with Crippen molar-refractivity contribution in [2.24, 2.45) is 0 Å². The molecule has 0 aromatic heterocycles. The summed E-state index contributed by atoms with van der Waals surface area (Å²) in [5, 5.41) is 33.9. The Labute approximate surface area is 418 Å². The Hall–Kier alpha value is -5.84. The van der Waals surface area contributed by atoms with Gasteiger partial charge >= 0.3 is 11.9 Å². The average molecular weight is 983 g/mol. The van der Waals surface area contributed by atoms with Crippen LogP contribution in [0.3, 0.4) is 0 Å². The lowest BCUT2D eigenvalue weighted by Crippen LogP contribution is -2.68. The molecule has 8 rings (SSSR count). The molecule has 0 radical (unpaired) electrons. The average Bonchev–Trinajstić information content (AvgIpc) is 3.40. The van der Waals surface area contributed by atoms with Crippen LogP contribution in [0.5, 0.6) is 0 Å². The van der Waals surface area contributed by atoms with Crippen LogP contribution in [0.4, 0.5) is 0 Å². The predicted octanol–water partition coefficient (Wildman–Crippen LogP) is 7.46. The molecule has 4 unspecified atom stereocenters. The van der Waals surface area contributed by atoms with Gasteiger partial charge in [0.05, 0.1) is 49.8 Å². The molecule has 0 bridgehead atoms. The fraction of sp³-hybridized carbons (Fsp3) is 0.345. The number of hydrogen-bond donors (Lipinski definition) is 3. The van der Waals surface area contributed by atoms with Crippen molar-refractivity contribution < 1.29 is 57.8 Å². The fourth-order valence-corrected chi connectivity index (χ4v) is 13.8. The number of carbonyl (C=O) groups is 2. The zero-order valence-corrected chi connectivity index (χ0v) is 41.9. The van der Waals surface area contributed by atoms with Crippen LogP contribution in [0.1, 0.15) is 66.5 Å². The van der Waals surface area contributed by atoms with Gasteiger partial charge in [-0.1, -0.05) is 178 Å². The molecular weight excluding hydrogens is 917 g/mol. The molecule has 0 saturated carbocycles. The quantitative estimate of drug-likeness (QED) is 0.0651. The summed E-state index contributed by atoms with van der Waals surface area (Å²) in [5.41, 5.74) is 2.71. The van der Waals surface area contributed by atoms with E-state index in [1.807, 2.05) is 116 Å². The van der Waals surface area contributed by atoms with Crippen molar-refractivity contribution in [3.05, 3.63) is 204 Å². The number of hydrogen-bond acceptors (Lipinski definition) is 12. The summed E-state index contributed by atoms with van der Waals surface area (Å²) >= 11 is 0. The zero-order chi connectivity index (χ0) is 50.4. The summed E-state index contributed by atoms with van der Waals surface area (Å²) in [6.07, 6.45) is -8.13. The minimum atomic E-state index is -2.88. The Morgan fingerprint density at radius 1 is 0.507 bits per heavy atom. The molecule has 6 aromatic carbocycles. The molecule has 13 heteroatoms. The van der Waals surface area contributed by atoms with Crippen molar-refractivity contribution in [1.82, 2.24) is 0 Å². The van der Waals surface area contributed by atoms with Crippen LogP contribution in [-0.4, -0.2) is 110 Å². The van der Waals surface area contributed by atoms with E-state index in [0.29, 0.717) is 11.1 Å². The number of benzene rings is 6. The smallest absolute Gasteiger partial charge is 0.338 e. The minimum absolute atomic E-state index is 0.142. The highest BCUT2D eigenvalue weighted by Crippen LogP contribution is 2.38. The Kier molecular flexibility index (Phi) is 18.7. The maximum absolute atomic E-state index is 13.1. The summed E-state index contributed by atoms with van der Waals surface area (Å²) in [5.74, 6) is -1.01. The van der Waals surface area contributed by atoms with Crippen molar-refractivity contribution in [1.29, 1.82) is 0 Å². The second kappa shape index (κ2) is 25.0. The normalized spacial score (nSPS) is 24.5. The number of carbonyl (C=O) groups excluding carboxylic acids is 2. The number of aliphatic hydroxyl groups excluding tert-OH is 3. The summed E-state index contributed by atoms with van der Waals surface area (Å²) < 4.78 is 43.0. The largest absolute Gasteiger partial charge is 0.453 e. The van der Waals surface area contributed by atoms with E-state index in [0.717, 1.165) is 21.5 Å². The fourth-order valence-electron chi connectivity index (χ4n) is 9.25. The lowest BCUT2D eigenvalue weighted by atomic mass is 9.95. The Balaban J connectivity index is 0.000000235. The van der Waals surface area contributed by atoms with E-state index < -0.39 is 81.3 Å². The number of ether oxygens (including phenoxy) is 6. The number of aliphatic hydroxyl groups is 3. The molecule has 2 saturated heterocycles. The minimum Gasteiger partial charge on any atom is -0.453 e. The third-order valence-corrected chi connectivity index (χ3v) is 17.9. The first kappa shape index (κ1) is 53.0. The van der Waals surface area contributed by atoms with Crippen molar-refractivity contribution >= 4 is 30.6 Å². The highest BCUT2D eigenvalue weighted by atomic mass is 28.4. The van der Waals surface area contributed by atoms with E-state index in [4.69, 9.17) is 32.8 Å². The van der Waals surface area contributed by atoms with E-state index in [2.05, 4.69) is 45.0 Å². The molecule has 3 N–H and O–H groups in total. The van der Waals surface area contributed by atoms with E-state index in [1.54, 1.807) is 55.5 Å². The van der Waals surface area contributed by atoms with Gasteiger partial charge in [0.15, 0.2) is 12.2 Å². The molecule has 2 heterocycles. The van der Waals surface area contributed by atoms with Crippen molar-refractivity contribution in [3.63, 3.8) is 0 Å². The SMILES string of the molecule is C[C@@H]1OC(CO)[C@@H](O)[C@H](OCc2ccccc2)C1OC(=O)c1ccccc1.C[C@@H]1OC(CO[Si](c2ccccc2)(c2ccccc2)C(C)(C)C)[C@@H](O)[C@@H](OCc2ccccc2)C1OC(=O)c1ccccc1. The van der Waals surface area contributed by atoms with Gasteiger partial charge in [0, 0.05) is 0 Å². The van der Waals surface area contributed by atoms with Crippen LogP contribution in [0, 0.1) is 0 Å². The monoisotopic (exact) mass is 982 g/mol. The standard InChI is InChI=1S/C37H42O6Si.C21H24O6/c1-27-34(43-36(39)29-19-11-6-12-20-29)35(40-25-28-17-9-5-10-18-28)33(38)32(42-27)26-41-44(37(2,3)4,30-21-13-7-14-22-30)31-23-15-8-16-24-31;1-14-19(27-21(24)16-10-6-3-7-11-16)20(18(23)17(12-22)26-14)25-13-15-8-4-2-5-9-15/h5-24,27,32-35,38H,25-26H2,1-4H3;2-11,14,17-20,22-23H,12-13H2,1H3/t27-,32?,33+,34?,35+;14-,17?,18+,19?,20-/m00/s1. The van der Waals surface area contributed by atoms with Crippen LogP contribution in [-0.2, 0) is 46.1 Å². The molecular formula is C58H66O12Si. The summed E-state index contributed by atoms with van der Waals surface area (Å²) in [6, 6.07) is 57.4. The van der Waals surface area contributed by atoms with Crippen LogP contribution >= 0.6 is 0 Å². The number of rotatable bonds is 16. The van der Waals surface area contributed by atoms with Gasteiger partial charge < -0.3 is 48.2 Å². The summed E-state index contributed by atoms with van der Waals surface area (Å²) in [7, 11) is -2.88. The van der Waals surface area contributed by atoms with E-state index in [1.165, 1.54) is 0 Å². The lowest BCUT2D eigenvalue weighted by molar-refractivity contribution is -0.239. The molecule has 6 aromatic rings. The molecule has 2 aliphatic heterocycles. The molecule has 12 nitrogen and oxygen atoms in total. The summed E-state index contributed by atoms with van der Waals surface area (Å²) in [4.78, 5) is 25.6. The van der Waals surface area contributed by atoms with Gasteiger partial charge in [0.25, 0.3) is 8.32 Å². The van der Waals surface area contributed by atoms with Crippen LogP contribution in [0.2, 0.25) is 5.04 Å². The lowest BCUT2D eigenvalue weighted by Gasteiger charge is -2.46. The van der Waals surface area contributed by atoms with Crippen LogP contribution in [0.15, 0.2) is 182 Å². The van der Waals surface area contributed by atoms with Crippen LogP contribution in [0.25, 0.3) is 0 Å². The molecule has 0 amide bonds. The van der Waals surface area contributed by atoms with Gasteiger partial charge in [0.1, 0.15) is 36.6 Å². The first-order valence-corrected chi connectivity index (χ1v) is 26.1. The maximum Gasteiger partial charge on any atom is 0.338 e. The summed E-state index contributed by atoms with van der Waals surface area (Å²) in [6.45, 7) is 10.5. The topological polar surface area (TPSA) is 159 Å². The Morgan fingerprint density at radius 3 is 1.21 bits per heavy atom. The predicted molar refractivity (Wildman–Crippen MR) is 273 cm³/mol. The first-order valence-electron chi connectivity index (χ1n) is 24.2. The first-order chi connectivity index (χ1) is 34.3. The molecule has 2 aliphatic rings.